The number of hydrogen-bond acceptors (Lipinski definition) is 3. The van der Waals surface area contributed by atoms with E-state index in [0.29, 0.717) is 6.67 Å². The van der Waals surface area contributed by atoms with Gasteiger partial charge in [0.2, 0.25) is 0 Å². The number of rotatable bonds is 7. The summed E-state index contributed by atoms with van der Waals surface area (Å²) in [5.74, 6) is 1.52. The predicted molar refractivity (Wildman–Crippen MR) is 351 cm³/mol. The maximum atomic E-state index is 9.34. The molecule has 15 rings (SSSR count). The molecule has 404 valence electrons. The lowest BCUT2D eigenvalue weighted by Crippen LogP contribution is -2.15. The lowest BCUT2D eigenvalue weighted by molar-refractivity contribution is 0.483. The maximum Gasteiger partial charge on any atom is 0.137 e. The van der Waals surface area contributed by atoms with Crippen LogP contribution in [-0.4, -0.2) is 18.7 Å². The molecule has 0 unspecified atom stereocenters. The molecule has 10 aromatic carbocycles. The number of ether oxygens (including phenoxy) is 1. The third-order valence-corrected chi connectivity index (χ3v) is 17.3. The van der Waals surface area contributed by atoms with Gasteiger partial charge in [-0.1, -0.05) is 195 Å². The molecule has 6 heteroatoms. The summed E-state index contributed by atoms with van der Waals surface area (Å²) in [6, 6.07) is 81.9. The number of pyridine rings is 1. The average molecular weight is 1080 g/mol. The normalized spacial score (nSPS) is 13.2. The quantitative estimate of drug-likeness (QED) is 0.160. The number of anilines is 2. The summed E-state index contributed by atoms with van der Waals surface area (Å²) < 4.78 is 23.7. The molecule has 0 fully saturated rings. The van der Waals surface area contributed by atoms with Gasteiger partial charge in [0.15, 0.2) is 0 Å². The van der Waals surface area contributed by atoms with Crippen molar-refractivity contribution in [3.63, 3.8) is 0 Å². The smallest absolute Gasteiger partial charge is 0.137 e. The van der Waals surface area contributed by atoms with Crippen LogP contribution in [0.1, 0.15) is 79.3 Å². The summed E-state index contributed by atoms with van der Waals surface area (Å²) in [6.07, 6.45) is 1.94. The Balaban J connectivity index is 0.900. The molecule has 0 atom stereocenters. The van der Waals surface area contributed by atoms with Gasteiger partial charge in [-0.05, 0) is 133 Å². The molecule has 0 radical (unpaired) electrons. The molecule has 1 aliphatic rings. The van der Waals surface area contributed by atoms with Crippen molar-refractivity contribution in [2.24, 2.45) is 0 Å². The second-order valence-corrected chi connectivity index (χ2v) is 24.9. The first-order valence-electron chi connectivity index (χ1n) is 29.5. The van der Waals surface area contributed by atoms with Crippen LogP contribution in [0.5, 0.6) is 11.5 Å². The third-order valence-electron chi connectivity index (χ3n) is 17.3. The van der Waals surface area contributed by atoms with E-state index in [1.165, 1.54) is 59.9 Å². The molecule has 0 spiro atoms. The molecule has 1 aliphatic heterocycles. The Morgan fingerprint density at radius 1 is 0.434 bits per heavy atom. The molecule has 0 saturated heterocycles. The number of aromatic nitrogens is 4. The maximum absolute atomic E-state index is 9.34. The summed E-state index contributed by atoms with van der Waals surface area (Å²) in [7, 11) is 0. The Labute approximate surface area is 485 Å². The summed E-state index contributed by atoms with van der Waals surface area (Å²) >= 11 is 0. The van der Waals surface area contributed by atoms with Gasteiger partial charge in [0.25, 0.3) is 0 Å². The van der Waals surface area contributed by atoms with E-state index in [1.807, 2.05) is 20.0 Å². The fourth-order valence-corrected chi connectivity index (χ4v) is 13.1. The van der Waals surface area contributed by atoms with Gasteiger partial charge in [-0.2, -0.15) is 0 Å². The van der Waals surface area contributed by atoms with Crippen LogP contribution < -0.4 is 9.64 Å². The van der Waals surface area contributed by atoms with E-state index in [9.17, 15) is 1.37 Å². The number of benzene rings is 10. The zero-order valence-electron chi connectivity index (χ0n) is 49.3. The lowest BCUT2D eigenvalue weighted by atomic mass is 9.82. The highest BCUT2D eigenvalue weighted by atomic mass is 16.5. The molecule has 83 heavy (non-hydrogen) atoms. The minimum atomic E-state index is -0.805. The highest BCUT2D eigenvalue weighted by molar-refractivity contribution is 6.22. The molecular weight excluding hydrogens is 1010 g/mol. The van der Waals surface area contributed by atoms with Crippen molar-refractivity contribution < 1.29 is 6.11 Å². The van der Waals surface area contributed by atoms with Crippen LogP contribution in [0, 0.1) is 0 Å². The van der Waals surface area contributed by atoms with E-state index in [1.54, 1.807) is 0 Å². The van der Waals surface area contributed by atoms with Crippen LogP contribution in [0.3, 0.4) is 0 Å². The van der Waals surface area contributed by atoms with Gasteiger partial charge in [0, 0.05) is 69.0 Å². The fourth-order valence-electron chi connectivity index (χ4n) is 13.1. The SMILES string of the molecule is [2H]C(C)(C)c1cc(-c2cccc3c4ccccc4c4ccccc4c4cccc5c4n(c23)CN5c2cccc(Oc3ccc4c5cc(-n6c7ccccc7c7ccccc76)ccc5n(-c5cc(C(C)(C)C)ccn5)c4c3)c2)cc(C(C)(C)C)c1. The van der Waals surface area contributed by atoms with Gasteiger partial charge in [-0.3, -0.25) is 4.57 Å². The van der Waals surface area contributed by atoms with Crippen LogP contribution >= 0.6 is 0 Å². The number of para-hydroxylation sites is 4. The number of fused-ring (bicyclic) bond motifs is 13. The molecule has 5 heterocycles. The minimum Gasteiger partial charge on any atom is -0.457 e. The van der Waals surface area contributed by atoms with Gasteiger partial charge < -0.3 is 18.8 Å². The van der Waals surface area contributed by atoms with Gasteiger partial charge in [0.1, 0.15) is 24.0 Å². The van der Waals surface area contributed by atoms with Gasteiger partial charge in [-0.25, -0.2) is 4.98 Å². The topological polar surface area (TPSA) is 40.1 Å². The molecular formula is C77H65N5O. The molecule has 0 N–H and O–H groups in total. The second-order valence-electron chi connectivity index (χ2n) is 24.9. The first kappa shape index (κ1) is 49.2. The van der Waals surface area contributed by atoms with Gasteiger partial charge >= 0.3 is 0 Å². The Bertz CT molecular complexity index is 5030. The highest BCUT2D eigenvalue weighted by Gasteiger charge is 2.27. The molecule has 0 aliphatic carbocycles. The van der Waals surface area contributed by atoms with Crippen molar-refractivity contribution in [2.75, 3.05) is 4.90 Å². The molecule has 0 bridgehead atoms. The fraction of sp³-hybridized carbons (Fsp3) is 0.156. The molecule has 0 saturated carbocycles. The van der Waals surface area contributed by atoms with E-state index in [2.05, 4.69) is 285 Å². The van der Waals surface area contributed by atoms with Crippen LogP contribution in [0.25, 0.3) is 110 Å². The van der Waals surface area contributed by atoms with Gasteiger partial charge in [-0.15, -0.1) is 0 Å². The monoisotopic (exact) mass is 1080 g/mol. The average Bonchev–Trinajstić information content (AvgIpc) is 2.30. The number of nitrogens with zero attached hydrogens (tertiary/aromatic N) is 5. The van der Waals surface area contributed by atoms with Crippen molar-refractivity contribution in [1.29, 1.82) is 0 Å². The third kappa shape index (κ3) is 8.25. The lowest BCUT2D eigenvalue weighted by Gasteiger charge is -2.23. The van der Waals surface area contributed by atoms with E-state index in [0.717, 1.165) is 89.3 Å². The summed E-state index contributed by atoms with van der Waals surface area (Å²) in [5, 5.41) is 11.8. The van der Waals surface area contributed by atoms with E-state index >= 15 is 0 Å². The number of hydrogen-bond donors (Lipinski definition) is 0. The van der Waals surface area contributed by atoms with Crippen molar-refractivity contribution in [2.45, 2.75) is 78.8 Å². The van der Waals surface area contributed by atoms with E-state index < -0.39 is 5.89 Å². The Hall–Kier alpha value is -9.65. The van der Waals surface area contributed by atoms with Gasteiger partial charge in [0.05, 0.1) is 38.8 Å². The first-order valence-corrected chi connectivity index (χ1v) is 29.0. The molecule has 14 aromatic rings. The minimum absolute atomic E-state index is 0.0765. The van der Waals surface area contributed by atoms with Crippen molar-refractivity contribution in [1.82, 2.24) is 18.7 Å². The van der Waals surface area contributed by atoms with Crippen LogP contribution in [0.4, 0.5) is 11.4 Å². The summed E-state index contributed by atoms with van der Waals surface area (Å²) in [5.41, 5.74) is 15.4. The zero-order chi connectivity index (χ0) is 57.4. The molecule has 0 amide bonds. The molecule has 6 nitrogen and oxygen atoms in total. The highest BCUT2D eigenvalue weighted by Crippen LogP contribution is 2.47. The molecule has 4 aromatic heterocycles. The second kappa shape index (κ2) is 19.0. The van der Waals surface area contributed by atoms with Crippen molar-refractivity contribution >= 4 is 98.3 Å². The Morgan fingerprint density at radius 2 is 1.01 bits per heavy atom. The Kier molecular flexibility index (Phi) is 11.2. The van der Waals surface area contributed by atoms with Crippen LogP contribution in [0.15, 0.2) is 231 Å². The largest absolute Gasteiger partial charge is 0.457 e. The summed E-state index contributed by atoms with van der Waals surface area (Å²) in [4.78, 5) is 7.51. The van der Waals surface area contributed by atoms with Crippen molar-refractivity contribution in [3.05, 3.63) is 247 Å². The van der Waals surface area contributed by atoms with Crippen molar-refractivity contribution in [3.8, 4) is 34.1 Å². The predicted octanol–water partition coefficient (Wildman–Crippen LogP) is 21.1. The van der Waals surface area contributed by atoms with E-state index in [-0.39, 0.29) is 10.8 Å². The standard InChI is InChI=1S/C77H65N5O/c1-48(2)49-40-50(42-52(41-49)77(6,7)8)57-28-18-29-65-60-24-11-9-22-58(60)59-23-10-12-25-61(59)66-30-19-33-71-75(66)80(74(57)65)47-79(71)53-20-17-21-55(44-53)83-56-35-36-64-67-45-54(81-68-31-15-13-26-62(68)63-27-14-16-32-69(63)81)34-37-70(67)82(72(64)46-56)73-43-51(38-39-78-73)76(3,4)5/h9-46,48H,47H2,1-8H3/i48D. The summed E-state index contributed by atoms with van der Waals surface area (Å²) in [6.45, 7) is 18.1. The zero-order valence-corrected chi connectivity index (χ0v) is 48.3. The van der Waals surface area contributed by atoms with Crippen LogP contribution in [-0.2, 0) is 17.5 Å². The van der Waals surface area contributed by atoms with Crippen LogP contribution in [0.2, 0.25) is 0 Å². The Morgan fingerprint density at radius 3 is 1.69 bits per heavy atom. The van der Waals surface area contributed by atoms with E-state index in [4.69, 9.17) is 9.72 Å². The first-order chi connectivity index (χ1) is 40.5.